The highest BCUT2D eigenvalue weighted by Crippen LogP contribution is 2.29. The van der Waals surface area contributed by atoms with E-state index in [-0.39, 0.29) is 0 Å². The number of nitrogens with zero attached hydrogens (tertiary/aromatic N) is 5. The highest BCUT2D eigenvalue weighted by Gasteiger charge is 2.30. The zero-order chi connectivity index (χ0) is 14.4. The van der Waals surface area contributed by atoms with Gasteiger partial charge in [-0.2, -0.15) is 5.10 Å². The van der Waals surface area contributed by atoms with E-state index < -0.39 is 0 Å². The summed E-state index contributed by atoms with van der Waals surface area (Å²) in [5.74, 6) is 0.529. The highest BCUT2D eigenvalue weighted by atomic mass is 15.3. The monoisotopic (exact) mass is 287 g/mol. The maximum absolute atomic E-state index is 5.97. The van der Waals surface area contributed by atoms with E-state index >= 15 is 0 Å². The number of aryl methyl sites for hydroxylation is 1. The van der Waals surface area contributed by atoms with E-state index in [4.69, 9.17) is 5.73 Å². The van der Waals surface area contributed by atoms with E-state index in [9.17, 15) is 0 Å². The third kappa shape index (κ3) is 2.08. The lowest BCUT2D eigenvalue weighted by atomic mass is 10.0. The summed E-state index contributed by atoms with van der Waals surface area (Å²) >= 11 is 0. The van der Waals surface area contributed by atoms with Crippen LogP contribution in [0.4, 0.5) is 5.82 Å². The number of rotatable bonds is 2. The van der Waals surface area contributed by atoms with Gasteiger partial charge in [0, 0.05) is 32.2 Å². The summed E-state index contributed by atoms with van der Waals surface area (Å²) in [6.07, 6.45) is 3.78. The van der Waals surface area contributed by atoms with E-state index in [1.807, 2.05) is 6.92 Å². The van der Waals surface area contributed by atoms with E-state index in [2.05, 4.69) is 30.0 Å². The van der Waals surface area contributed by atoms with Crippen LogP contribution in [0.5, 0.6) is 0 Å². The van der Waals surface area contributed by atoms with E-state index in [1.54, 1.807) is 0 Å². The molecule has 4 rings (SSSR count). The fourth-order valence-corrected chi connectivity index (χ4v) is 3.45. The first-order valence-corrected chi connectivity index (χ1v) is 7.64. The normalized spacial score (nSPS) is 21.8. The Bertz CT molecular complexity index is 653. The van der Waals surface area contributed by atoms with Gasteiger partial charge in [0.2, 0.25) is 0 Å². The minimum atomic E-state index is 0.416. The molecule has 0 radical (unpaired) electrons. The van der Waals surface area contributed by atoms with Gasteiger partial charge in [-0.25, -0.2) is 14.6 Å². The smallest absolute Gasteiger partial charge is 0.163 e. The Hall–Kier alpha value is -1.73. The van der Waals surface area contributed by atoms with Crippen LogP contribution in [0.3, 0.4) is 0 Å². The number of aromatic nitrogens is 4. The first-order valence-electron chi connectivity index (χ1n) is 7.64. The predicted molar refractivity (Wildman–Crippen MR) is 81.0 cm³/mol. The molecular weight excluding hydrogens is 266 g/mol. The van der Waals surface area contributed by atoms with Crippen LogP contribution in [0.1, 0.15) is 24.6 Å². The van der Waals surface area contributed by atoms with Crippen molar-refractivity contribution in [3.05, 3.63) is 12.0 Å². The van der Waals surface area contributed by atoms with Crippen molar-refractivity contribution in [2.24, 2.45) is 0 Å². The highest BCUT2D eigenvalue weighted by molar-refractivity contribution is 5.87. The van der Waals surface area contributed by atoms with Gasteiger partial charge in [-0.15, -0.1) is 0 Å². The summed E-state index contributed by atoms with van der Waals surface area (Å²) in [5, 5.41) is 8.93. The first kappa shape index (κ1) is 13.0. The van der Waals surface area contributed by atoms with Crippen molar-refractivity contribution in [3.63, 3.8) is 0 Å². The lowest BCUT2D eigenvalue weighted by molar-refractivity contribution is 0.0989. The standard InChI is InChI=1S/C14H21N7/c1-9-12-13(15)17-8-18-14(12)21(19-9)10-2-4-20(5-3-10)11-6-16-7-11/h8,10-11,16H,2-7H2,1H3,(H2,15,17,18). The minimum Gasteiger partial charge on any atom is -0.383 e. The van der Waals surface area contributed by atoms with E-state index in [1.165, 1.54) is 6.33 Å². The number of piperidine rings is 1. The van der Waals surface area contributed by atoms with Crippen molar-refractivity contribution in [2.45, 2.75) is 31.8 Å². The van der Waals surface area contributed by atoms with Gasteiger partial charge in [-0.05, 0) is 19.8 Å². The molecule has 2 aliphatic rings. The quantitative estimate of drug-likeness (QED) is 0.828. The van der Waals surface area contributed by atoms with Crippen LogP contribution in [0, 0.1) is 6.92 Å². The van der Waals surface area contributed by atoms with Crippen molar-refractivity contribution in [1.82, 2.24) is 30.0 Å². The molecule has 7 heteroatoms. The molecule has 112 valence electrons. The number of hydrogen-bond acceptors (Lipinski definition) is 6. The SMILES string of the molecule is Cc1nn(C2CCN(C3CNC3)CC2)c2ncnc(N)c12. The average molecular weight is 287 g/mol. The molecule has 0 spiro atoms. The zero-order valence-electron chi connectivity index (χ0n) is 12.3. The Balaban J connectivity index is 1.58. The van der Waals surface area contributed by atoms with Crippen LogP contribution in [0.15, 0.2) is 6.33 Å². The van der Waals surface area contributed by atoms with E-state index in [0.717, 1.165) is 61.8 Å². The Morgan fingerprint density at radius 2 is 1.95 bits per heavy atom. The van der Waals surface area contributed by atoms with E-state index in [0.29, 0.717) is 11.9 Å². The second-order valence-corrected chi connectivity index (χ2v) is 6.07. The largest absolute Gasteiger partial charge is 0.383 e. The van der Waals surface area contributed by atoms with Gasteiger partial charge in [0.1, 0.15) is 12.1 Å². The molecule has 21 heavy (non-hydrogen) atoms. The summed E-state index contributed by atoms with van der Waals surface area (Å²) < 4.78 is 2.07. The van der Waals surface area contributed by atoms with Crippen LogP contribution < -0.4 is 11.1 Å². The second kappa shape index (κ2) is 4.92. The molecule has 4 heterocycles. The van der Waals surface area contributed by atoms with Crippen molar-refractivity contribution in [2.75, 3.05) is 31.9 Å². The maximum atomic E-state index is 5.97. The molecule has 3 N–H and O–H groups in total. The number of nitrogen functional groups attached to an aromatic ring is 1. The average Bonchev–Trinajstić information content (AvgIpc) is 2.77. The molecular formula is C14H21N7. The Morgan fingerprint density at radius 3 is 2.62 bits per heavy atom. The third-order valence-electron chi connectivity index (χ3n) is 4.81. The maximum Gasteiger partial charge on any atom is 0.163 e. The molecule has 0 saturated carbocycles. The van der Waals surface area contributed by atoms with Crippen LogP contribution >= 0.6 is 0 Å². The summed E-state index contributed by atoms with van der Waals surface area (Å²) in [6.45, 7) is 6.53. The molecule has 0 amide bonds. The zero-order valence-corrected chi connectivity index (χ0v) is 12.3. The Kier molecular flexibility index (Phi) is 3.04. The number of nitrogens with two attached hydrogens (primary N) is 1. The lowest BCUT2D eigenvalue weighted by Gasteiger charge is -2.42. The summed E-state index contributed by atoms with van der Waals surface area (Å²) in [7, 11) is 0. The molecule has 0 aromatic carbocycles. The molecule has 2 aromatic rings. The summed E-state index contributed by atoms with van der Waals surface area (Å²) in [4.78, 5) is 11.1. The number of likely N-dealkylation sites (tertiary alicyclic amines) is 1. The number of hydrogen-bond donors (Lipinski definition) is 2. The molecule has 7 nitrogen and oxygen atoms in total. The summed E-state index contributed by atoms with van der Waals surface area (Å²) in [6, 6.07) is 1.15. The van der Waals surface area contributed by atoms with Crippen LogP contribution in [-0.4, -0.2) is 56.9 Å². The molecule has 2 fully saturated rings. The van der Waals surface area contributed by atoms with Crippen molar-refractivity contribution >= 4 is 16.9 Å². The van der Waals surface area contributed by atoms with Gasteiger partial charge >= 0.3 is 0 Å². The van der Waals surface area contributed by atoms with Crippen LogP contribution in [0.2, 0.25) is 0 Å². The molecule has 0 aliphatic carbocycles. The Labute approximate surface area is 123 Å². The minimum absolute atomic E-state index is 0.416. The van der Waals surface area contributed by atoms with Crippen LogP contribution in [0.25, 0.3) is 11.0 Å². The van der Waals surface area contributed by atoms with Crippen LogP contribution in [-0.2, 0) is 0 Å². The first-order chi connectivity index (χ1) is 10.2. The topological polar surface area (TPSA) is 84.9 Å². The fourth-order valence-electron chi connectivity index (χ4n) is 3.45. The lowest BCUT2D eigenvalue weighted by Crippen LogP contribution is -2.58. The van der Waals surface area contributed by atoms with Crippen molar-refractivity contribution in [1.29, 1.82) is 0 Å². The summed E-state index contributed by atoms with van der Waals surface area (Å²) in [5.41, 5.74) is 7.77. The van der Waals surface area contributed by atoms with Gasteiger partial charge < -0.3 is 11.1 Å². The third-order valence-corrected chi connectivity index (χ3v) is 4.81. The molecule has 2 aliphatic heterocycles. The van der Waals surface area contributed by atoms with Crippen molar-refractivity contribution in [3.8, 4) is 0 Å². The fraction of sp³-hybridized carbons (Fsp3) is 0.643. The number of fused-ring (bicyclic) bond motifs is 1. The number of anilines is 1. The molecule has 0 atom stereocenters. The van der Waals surface area contributed by atoms with Gasteiger partial charge in [0.25, 0.3) is 0 Å². The van der Waals surface area contributed by atoms with Crippen molar-refractivity contribution < 1.29 is 0 Å². The molecule has 0 bridgehead atoms. The van der Waals surface area contributed by atoms with Gasteiger partial charge in [0.15, 0.2) is 5.65 Å². The van der Waals surface area contributed by atoms with Gasteiger partial charge in [-0.1, -0.05) is 0 Å². The van der Waals surface area contributed by atoms with Gasteiger partial charge in [-0.3, -0.25) is 4.90 Å². The second-order valence-electron chi connectivity index (χ2n) is 6.07. The predicted octanol–water partition coefficient (Wildman–Crippen LogP) is 0.326. The Morgan fingerprint density at radius 1 is 1.19 bits per heavy atom. The number of nitrogens with one attached hydrogen (secondary N) is 1. The molecule has 2 saturated heterocycles. The van der Waals surface area contributed by atoms with Gasteiger partial charge in [0.05, 0.1) is 17.1 Å². The molecule has 0 unspecified atom stereocenters. The molecule has 2 aromatic heterocycles.